The lowest BCUT2D eigenvalue weighted by atomic mass is 10.1. The van der Waals surface area contributed by atoms with Crippen molar-refractivity contribution in [2.45, 2.75) is 27.7 Å². The summed E-state index contributed by atoms with van der Waals surface area (Å²) < 4.78 is 5.06. The summed E-state index contributed by atoms with van der Waals surface area (Å²) in [4.78, 5) is 41.9. The van der Waals surface area contributed by atoms with Gasteiger partial charge in [-0.1, -0.05) is 23.7 Å². The van der Waals surface area contributed by atoms with Crippen molar-refractivity contribution in [1.29, 1.82) is 0 Å². The summed E-state index contributed by atoms with van der Waals surface area (Å²) in [6.07, 6.45) is 0. The molecule has 1 N–H and O–H groups in total. The number of pyridine rings is 1. The molecule has 1 heterocycles. The molecule has 29 heavy (non-hydrogen) atoms. The van der Waals surface area contributed by atoms with E-state index in [1.165, 1.54) is 11.9 Å². The lowest BCUT2D eigenvalue weighted by Gasteiger charge is -2.18. The fraction of sp³-hybridized carbons (Fsp3) is 0.333. The second kappa shape index (κ2) is 9.52. The van der Waals surface area contributed by atoms with Crippen LogP contribution in [0, 0.1) is 27.7 Å². The number of aryl methyl sites for hydroxylation is 4. The number of ether oxygens (including phenoxy) is 1. The van der Waals surface area contributed by atoms with E-state index in [-0.39, 0.29) is 23.2 Å². The molecule has 0 aliphatic carbocycles. The molecule has 8 heteroatoms. The standard InChI is InChI=1S/C21H24ClN3O4/c1-12-6-7-13(2)16(8-12)24-17(26)10-25(5)18(27)11-29-21(28)19-14(3)9-15(4)23-20(19)22/h6-9H,10-11H2,1-5H3,(H,24,26). The lowest BCUT2D eigenvalue weighted by Crippen LogP contribution is -2.37. The Morgan fingerprint density at radius 2 is 1.79 bits per heavy atom. The Balaban J connectivity index is 1.91. The summed E-state index contributed by atoms with van der Waals surface area (Å²) in [7, 11) is 1.46. The predicted molar refractivity (Wildman–Crippen MR) is 111 cm³/mol. The molecule has 0 spiro atoms. The third-order valence-corrected chi connectivity index (χ3v) is 4.58. The Labute approximate surface area is 175 Å². The minimum Gasteiger partial charge on any atom is -0.452 e. The Morgan fingerprint density at radius 3 is 2.45 bits per heavy atom. The highest BCUT2D eigenvalue weighted by Gasteiger charge is 2.20. The average Bonchev–Trinajstić information content (AvgIpc) is 2.61. The van der Waals surface area contributed by atoms with Crippen molar-refractivity contribution in [3.63, 3.8) is 0 Å². The van der Waals surface area contributed by atoms with Crippen LogP contribution in [0.5, 0.6) is 0 Å². The second-order valence-electron chi connectivity index (χ2n) is 6.94. The molecule has 0 saturated carbocycles. The summed E-state index contributed by atoms with van der Waals surface area (Å²) >= 11 is 6.02. The number of benzene rings is 1. The molecule has 0 aliphatic rings. The first kappa shape index (κ1) is 22.4. The number of carbonyl (C=O) groups excluding carboxylic acids is 3. The predicted octanol–water partition coefficient (Wildman–Crippen LogP) is 3.22. The van der Waals surface area contributed by atoms with Crippen LogP contribution >= 0.6 is 11.6 Å². The number of hydrogen-bond acceptors (Lipinski definition) is 5. The highest BCUT2D eigenvalue weighted by atomic mass is 35.5. The number of rotatable bonds is 6. The molecular weight excluding hydrogens is 394 g/mol. The molecule has 0 aliphatic heterocycles. The zero-order chi connectivity index (χ0) is 21.7. The molecule has 1 aromatic heterocycles. The third-order valence-electron chi connectivity index (χ3n) is 4.31. The maximum absolute atomic E-state index is 12.3. The van der Waals surface area contributed by atoms with Crippen LogP contribution in [-0.2, 0) is 14.3 Å². The van der Waals surface area contributed by atoms with Gasteiger partial charge in [0, 0.05) is 18.4 Å². The highest BCUT2D eigenvalue weighted by molar-refractivity contribution is 6.32. The number of carbonyl (C=O) groups is 3. The van der Waals surface area contributed by atoms with E-state index >= 15 is 0 Å². The summed E-state index contributed by atoms with van der Waals surface area (Å²) in [5.74, 6) is -1.59. The van der Waals surface area contributed by atoms with Gasteiger partial charge in [-0.05, 0) is 56.5 Å². The molecular formula is C21H24ClN3O4. The van der Waals surface area contributed by atoms with Crippen molar-refractivity contribution in [1.82, 2.24) is 9.88 Å². The van der Waals surface area contributed by atoms with Gasteiger partial charge in [0.15, 0.2) is 6.61 Å². The van der Waals surface area contributed by atoms with Crippen LogP contribution < -0.4 is 5.32 Å². The van der Waals surface area contributed by atoms with Gasteiger partial charge in [-0.15, -0.1) is 0 Å². The molecule has 0 bridgehead atoms. The topological polar surface area (TPSA) is 88.6 Å². The van der Waals surface area contributed by atoms with Crippen LogP contribution in [0.25, 0.3) is 0 Å². The number of amides is 2. The summed E-state index contributed by atoms with van der Waals surface area (Å²) in [6.45, 7) is 6.61. The first-order valence-corrected chi connectivity index (χ1v) is 9.38. The molecule has 0 radical (unpaired) electrons. The van der Waals surface area contributed by atoms with Gasteiger partial charge in [-0.3, -0.25) is 9.59 Å². The van der Waals surface area contributed by atoms with E-state index in [1.54, 1.807) is 19.9 Å². The number of likely N-dealkylation sites (N-methyl/N-ethyl adjacent to an activating group) is 1. The van der Waals surface area contributed by atoms with Gasteiger partial charge in [0.1, 0.15) is 5.15 Å². The number of aromatic nitrogens is 1. The molecule has 7 nitrogen and oxygen atoms in total. The quantitative estimate of drug-likeness (QED) is 0.575. The molecule has 0 saturated heterocycles. The highest BCUT2D eigenvalue weighted by Crippen LogP contribution is 2.20. The molecule has 2 rings (SSSR count). The normalized spacial score (nSPS) is 10.4. The summed E-state index contributed by atoms with van der Waals surface area (Å²) in [5, 5.41) is 2.81. The third kappa shape index (κ3) is 6.02. The van der Waals surface area contributed by atoms with E-state index in [0.29, 0.717) is 16.9 Å². The maximum Gasteiger partial charge on any atom is 0.342 e. The Kier molecular flexibility index (Phi) is 7.34. The molecule has 2 aromatic rings. The average molecular weight is 418 g/mol. The largest absolute Gasteiger partial charge is 0.452 e. The van der Waals surface area contributed by atoms with E-state index in [2.05, 4.69) is 10.3 Å². The number of anilines is 1. The van der Waals surface area contributed by atoms with E-state index < -0.39 is 18.5 Å². The first-order chi connectivity index (χ1) is 13.6. The molecule has 0 unspecified atom stereocenters. The van der Waals surface area contributed by atoms with Crippen LogP contribution in [0.4, 0.5) is 5.69 Å². The van der Waals surface area contributed by atoms with Crippen molar-refractivity contribution in [2.75, 3.05) is 25.5 Å². The van der Waals surface area contributed by atoms with Gasteiger partial charge in [0.2, 0.25) is 5.91 Å². The summed E-state index contributed by atoms with van der Waals surface area (Å²) in [5.41, 5.74) is 4.04. The zero-order valence-electron chi connectivity index (χ0n) is 17.1. The molecule has 1 aromatic carbocycles. The van der Waals surface area contributed by atoms with Crippen molar-refractivity contribution in [2.24, 2.45) is 0 Å². The van der Waals surface area contributed by atoms with Crippen molar-refractivity contribution >= 4 is 35.1 Å². The maximum atomic E-state index is 12.3. The minimum atomic E-state index is -0.735. The number of halogens is 1. The fourth-order valence-corrected chi connectivity index (χ4v) is 3.07. The van der Waals surface area contributed by atoms with Crippen LogP contribution in [0.15, 0.2) is 24.3 Å². The fourth-order valence-electron chi connectivity index (χ4n) is 2.71. The number of nitrogens with one attached hydrogen (secondary N) is 1. The van der Waals surface area contributed by atoms with Crippen LogP contribution in [-0.4, -0.2) is 47.9 Å². The van der Waals surface area contributed by atoms with Crippen molar-refractivity contribution in [3.8, 4) is 0 Å². The smallest absolute Gasteiger partial charge is 0.342 e. The number of esters is 1. The van der Waals surface area contributed by atoms with E-state index in [1.807, 2.05) is 32.0 Å². The van der Waals surface area contributed by atoms with Gasteiger partial charge >= 0.3 is 5.97 Å². The number of nitrogens with zero attached hydrogens (tertiary/aromatic N) is 2. The molecule has 2 amide bonds. The zero-order valence-corrected chi connectivity index (χ0v) is 17.9. The first-order valence-electron chi connectivity index (χ1n) is 9.00. The Hall–Kier alpha value is -2.93. The minimum absolute atomic E-state index is 0.0289. The van der Waals surface area contributed by atoms with Crippen LogP contribution in [0.3, 0.4) is 0 Å². The Bertz CT molecular complexity index is 936. The van der Waals surface area contributed by atoms with Crippen LogP contribution in [0.2, 0.25) is 5.15 Å². The van der Waals surface area contributed by atoms with Gasteiger partial charge < -0.3 is 15.0 Å². The van der Waals surface area contributed by atoms with Crippen molar-refractivity contribution in [3.05, 3.63) is 57.4 Å². The van der Waals surface area contributed by atoms with Gasteiger partial charge in [0.05, 0.1) is 12.1 Å². The summed E-state index contributed by atoms with van der Waals surface area (Å²) in [6, 6.07) is 7.42. The molecule has 0 fully saturated rings. The van der Waals surface area contributed by atoms with E-state index in [4.69, 9.17) is 16.3 Å². The lowest BCUT2D eigenvalue weighted by molar-refractivity contribution is -0.136. The van der Waals surface area contributed by atoms with Gasteiger partial charge in [-0.25, -0.2) is 9.78 Å². The molecule has 0 atom stereocenters. The Morgan fingerprint density at radius 1 is 1.10 bits per heavy atom. The van der Waals surface area contributed by atoms with Crippen LogP contribution in [0.1, 0.15) is 32.7 Å². The molecule has 154 valence electrons. The number of hydrogen-bond donors (Lipinski definition) is 1. The van der Waals surface area contributed by atoms with E-state index in [9.17, 15) is 14.4 Å². The SMILES string of the molecule is Cc1ccc(C)c(NC(=O)CN(C)C(=O)COC(=O)c2c(C)cc(C)nc2Cl)c1. The monoisotopic (exact) mass is 417 g/mol. The van der Waals surface area contributed by atoms with Gasteiger partial charge in [0.25, 0.3) is 5.91 Å². The van der Waals surface area contributed by atoms with Crippen molar-refractivity contribution < 1.29 is 19.1 Å². The van der Waals surface area contributed by atoms with E-state index in [0.717, 1.165) is 11.1 Å². The second-order valence-corrected chi connectivity index (χ2v) is 7.30. The van der Waals surface area contributed by atoms with Gasteiger partial charge in [-0.2, -0.15) is 0 Å².